The maximum absolute atomic E-state index is 12.3. The molecule has 1 aliphatic heterocycles. The van der Waals surface area contributed by atoms with E-state index in [0.29, 0.717) is 6.54 Å². The van der Waals surface area contributed by atoms with Gasteiger partial charge in [-0.3, -0.25) is 14.5 Å². The first kappa shape index (κ1) is 13.3. The van der Waals surface area contributed by atoms with Crippen LogP contribution in [0.4, 0.5) is 0 Å². The molecule has 1 saturated carbocycles. The minimum atomic E-state index is -0.199. The predicted octanol–water partition coefficient (Wildman–Crippen LogP) is 1.23. The summed E-state index contributed by atoms with van der Waals surface area (Å²) in [5.74, 6) is 5.05. The van der Waals surface area contributed by atoms with E-state index in [0.717, 1.165) is 10.4 Å². The maximum Gasteiger partial charge on any atom is 0.234 e. The molecule has 20 heavy (non-hydrogen) atoms. The number of piperidine rings is 1. The van der Waals surface area contributed by atoms with Gasteiger partial charge in [0.15, 0.2) is 0 Å². The van der Waals surface area contributed by atoms with Crippen molar-refractivity contribution >= 4 is 23.2 Å². The first-order valence-corrected chi connectivity index (χ1v) is 7.37. The molecule has 1 N–H and O–H groups in total. The minimum Gasteiger partial charge on any atom is -0.384 e. The summed E-state index contributed by atoms with van der Waals surface area (Å²) >= 11 is 1.48. The number of hydrogen-bond donors (Lipinski definition) is 1. The minimum absolute atomic E-state index is 0.0560. The van der Waals surface area contributed by atoms with E-state index >= 15 is 0 Å². The fraction of sp³-hybridized carbons (Fsp3) is 0.467. The third-order valence-corrected chi connectivity index (χ3v) is 5.15. The number of thiophene rings is 1. The molecule has 1 aliphatic carbocycles. The van der Waals surface area contributed by atoms with Crippen LogP contribution in [-0.2, 0) is 16.1 Å². The van der Waals surface area contributed by atoms with Crippen molar-refractivity contribution in [3.05, 3.63) is 21.9 Å². The Morgan fingerprint density at radius 2 is 2.00 bits per heavy atom. The molecule has 0 aromatic carbocycles. The smallest absolute Gasteiger partial charge is 0.234 e. The van der Waals surface area contributed by atoms with Crippen LogP contribution in [0.2, 0.25) is 0 Å². The molecular formula is C15H15NO3S. The van der Waals surface area contributed by atoms with Crippen LogP contribution in [0.5, 0.6) is 0 Å². The lowest BCUT2D eigenvalue weighted by atomic mass is 10.1. The molecule has 4 nitrogen and oxygen atoms in total. The average molecular weight is 289 g/mol. The second kappa shape index (κ2) is 4.44. The molecule has 0 bridgehead atoms. The molecule has 1 aromatic heterocycles. The van der Waals surface area contributed by atoms with Crippen molar-refractivity contribution in [1.82, 2.24) is 4.90 Å². The van der Waals surface area contributed by atoms with Crippen LogP contribution in [-0.4, -0.2) is 28.4 Å². The van der Waals surface area contributed by atoms with Crippen LogP contribution in [0, 0.1) is 29.1 Å². The Bertz CT molecular complexity index is 626. The summed E-state index contributed by atoms with van der Waals surface area (Å²) in [6.07, 6.45) is 0. The maximum atomic E-state index is 12.3. The van der Waals surface area contributed by atoms with Crippen LogP contribution in [0.25, 0.3) is 0 Å². The standard InChI is InChI=1S/C15H15NO3S/c1-15(2)11-12(15)14(19)16(13(11)18)8-10-9(4-3-6-17)5-7-20-10/h5,7,11-12,17H,6,8H2,1-2H3. The summed E-state index contributed by atoms with van der Waals surface area (Å²) in [6.45, 7) is 4.04. The predicted molar refractivity (Wildman–Crippen MR) is 74.6 cm³/mol. The van der Waals surface area contributed by atoms with Crippen LogP contribution < -0.4 is 0 Å². The molecule has 2 heterocycles. The molecule has 2 atom stereocenters. The lowest BCUT2D eigenvalue weighted by Gasteiger charge is -2.20. The van der Waals surface area contributed by atoms with Gasteiger partial charge in [-0.25, -0.2) is 0 Å². The van der Waals surface area contributed by atoms with Crippen molar-refractivity contribution < 1.29 is 14.7 Å². The van der Waals surface area contributed by atoms with E-state index in [2.05, 4.69) is 11.8 Å². The summed E-state index contributed by atoms with van der Waals surface area (Å²) in [6, 6.07) is 1.85. The Labute approximate surface area is 121 Å². The van der Waals surface area contributed by atoms with Gasteiger partial charge in [-0.2, -0.15) is 0 Å². The zero-order valence-electron chi connectivity index (χ0n) is 11.3. The van der Waals surface area contributed by atoms with Crippen LogP contribution in [0.15, 0.2) is 11.4 Å². The number of fused-ring (bicyclic) bond motifs is 1. The van der Waals surface area contributed by atoms with Crippen LogP contribution in [0.1, 0.15) is 24.3 Å². The van der Waals surface area contributed by atoms with Crippen molar-refractivity contribution in [3.63, 3.8) is 0 Å². The van der Waals surface area contributed by atoms with Crippen molar-refractivity contribution in [2.45, 2.75) is 20.4 Å². The van der Waals surface area contributed by atoms with Crippen molar-refractivity contribution in [2.75, 3.05) is 6.61 Å². The van der Waals surface area contributed by atoms with Gasteiger partial charge in [0, 0.05) is 10.4 Å². The summed E-state index contributed by atoms with van der Waals surface area (Å²) in [7, 11) is 0. The van der Waals surface area contributed by atoms with Gasteiger partial charge in [-0.1, -0.05) is 25.7 Å². The van der Waals surface area contributed by atoms with E-state index in [1.807, 2.05) is 25.3 Å². The zero-order valence-corrected chi connectivity index (χ0v) is 12.2. The highest BCUT2D eigenvalue weighted by atomic mass is 32.1. The largest absolute Gasteiger partial charge is 0.384 e. The number of aliphatic hydroxyl groups is 1. The lowest BCUT2D eigenvalue weighted by molar-refractivity contribution is -0.143. The lowest BCUT2D eigenvalue weighted by Crippen LogP contribution is -2.35. The molecule has 0 spiro atoms. The van der Waals surface area contributed by atoms with E-state index in [4.69, 9.17) is 5.11 Å². The number of hydrogen-bond acceptors (Lipinski definition) is 4. The summed E-state index contributed by atoms with van der Waals surface area (Å²) < 4.78 is 0. The van der Waals surface area contributed by atoms with Crippen LogP contribution in [0.3, 0.4) is 0 Å². The number of likely N-dealkylation sites (tertiary alicyclic amines) is 1. The number of rotatable bonds is 2. The monoisotopic (exact) mass is 289 g/mol. The molecule has 2 aliphatic rings. The zero-order chi connectivity index (χ0) is 14.5. The molecule has 1 aromatic rings. The van der Waals surface area contributed by atoms with Gasteiger partial charge in [-0.15, -0.1) is 11.3 Å². The third-order valence-electron chi connectivity index (χ3n) is 4.24. The summed E-state index contributed by atoms with van der Waals surface area (Å²) in [5.41, 5.74) is 0.615. The molecule has 0 radical (unpaired) electrons. The van der Waals surface area contributed by atoms with Gasteiger partial charge in [0.1, 0.15) is 6.61 Å². The second-order valence-electron chi connectivity index (χ2n) is 5.76. The summed E-state index contributed by atoms with van der Waals surface area (Å²) in [5, 5.41) is 10.6. The number of carbonyl (C=O) groups excluding carboxylic acids is 2. The number of nitrogens with zero attached hydrogens (tertiary/aromatic N) is 1. The van der Waals surface area contributed by atoms with Gasteiger partial charge in [-0.05, 0) is 16.9 Å². The molecule has 2 fully saturated rings. The SMILES string of the molecule is CC1(C)C2C(=O)N(Cc3sccc3C#CCO)C(=O)C21. The Morgan fingerprint density at radius 1 is 1.35 bits per heavy atom. The Kier molecular flexibility index (Phi) is 2.96. The van der Waals surface area contributed by atoms with Gasteiger partial charge in [0.25, 0.3) is 0 Å². The van der Waals surface area contributed by atoms with Crippen molar-refractivity contribution in [3.8, 4) is 11.8 Å². The van der Waals surface area contributed by atoms with Crippen molar-refractivity contribution in [2.24, 2.45) is 17.3 Å². The fourth-order valence-electron chi connectivity index (χ4n) is 3.01. The molecule has 2 unspecified atom stereocenters. The number of carbonyl (C=O) groups is 2. The molecule has 3 rings (SSSR count). The second-order valence-corrected chi connectivity index (χ2v) is 6.76. The fourth-order valence-corrected chi connectivity index (χ4v) is 3.83. The van der Waals surface area contributed by atoms with Gasteiger partial charge in [0.2, 0.25) is 11.8 Å². The molecule has 2 amide bonds. The number of amides is 2. The van der Waals surface area contributed by atoms with Crippen molar-refractivity contribution in [1.29, 1.82) is 0 Å². The van der Waals surface area contributed by atoms with E-state index < -0.39 is 0 Å². The molecular weight excluding hydrogens is 274 g/mol. The van der Waals surface area contributed by atoms with E-state index in [1.165, 1.54) is 16.2 Å². The molecule has 1 saturated heterocycles. The number of imide groups is 1. The summed E-state index contributed by atoms with van der Waals surface area (Å²) in [4.78, 5) is 26.8. The quantitative estimate of drug-likeness (QED) is 0.658. The van der Waals surface area contributed by atoms with Gasteiger partial charge >= 0.3 is 0 Å². The first-order valence-electron chi connectivity index (χ1n) is 6.49. The Balaban J connectivity index is 1.79. The third kappa shape index (κ3) is 1.80. The van der Waals surface area contributed by atoms with E-state index in [9.17, 15) is 9.59 Å². The van der Waals surface area contributed by atoms with Crippen LogP contribution >= 0.6 is 11.3 Å². The van der Waals surface area contributed by atoms with Gasteiger partial charge < -0.3 is 5.11 Å². The topological polar surface area (TPSA) is 57.6 Å². The molecule has 104 valence electrons. The van der Waals surface area contributed by atoms with E-state index in [1.54, 1.807) is 0 Å². The van der Waals surface area contributed by atoms with E-state index in [-0.39, 0.29) is 35.7 Å². The average Bonchev–Trinajstić information content (AvgIpc) is 2.71. The Hall–Kier alpha value is -1.64. The normalized spacial score (nSPS) is 26.2. The highest BCUT2D eigenvalue weighted by Crippen LogP contribution is 2.63. The molecule has 5 heteroatoms. The van der Waals surface area contributed by atoms with Gasteiger partial charge in [0.05, 0.1) is 18.4 Å². The highest BCUT2D eigenvalue weighted by molar-refractivity contribution is 7.10. The highest BCUT2D eigenvalue weighted by Gasteiger charge is 2.72. The Morgan fingerprint density at radius 3 is 2.60 bits per heavy atom. The first-order chi connectivity index (χ1) is 9.48. The number of aliphatic hydroxyl groups excluding tert-OH is 1.